The van der Waals surface area contributed by atoms with Gasteiger partial charge < -0.3 is 19.2 Å². The van der Waals surface area contributed by atoms with Crippen molar-refractivity contribution in [3.05, 3.63) is 29.7 Å². The summed E-state index contributed by atoms with van der Waals surface area (Å²) in [5.74, 6) is 0.696. The van der Waals surface area contributed by atoms with Crippen LogP contribution in [-0.2, 0) is 16.8 Å². The van der Waals surface area contributed by atoms with Gasteiger partial charge in [0.05, 0.1) is 6.61 Å². The Kier molecular flexibility index (Phi) is 3.78. The van der Waals surface area contributed by atoms with Gasteiger partial charge in [-0.05, 0) is 30.5 Å². The second-order valence-electron chi connectivity index (χ2n) is 6.08. The highest BCUT2D eigenvalue weighted by molar-refractivity contribution is 5.73. The highest BCUT2D eigenvalue weighted by atomic mass is 16.5. The predicted octanol–water partition coefficient (Wildman–Crippen LogP) is 3.01. The molecular weight excluding hydrogens is 284 g/mol. The molecule has 1 saturated heterocycles. The number of amides is 1. The number of ether oxygens (including phenoxy) is 1. The lowest BCUT2D eigenvalue weighted by atomic mass is 9.80. The van der Waals surface area contributed by atoms with Crippen LogP contribution < -0.4 is 0 Å². The first kappa shape index (κ1) is 14.8. The molecule has 1 N–H and O–H groups in total. The first-order chi connectivity index (χ1) is 10.5. The van der Waals surface area contributed by atoms with Crippen molar-refractivity contribution in [2.75, 3.05) is 20.2 Å². The number of hydrogen-bond donors (Lipinski definition) is 1. The maximum absolute atomic E-state index is 11.0. The Morgan fingerprint density at radius 1 is 1.45 bits per heavy atom. The van der Waals surface area contributed by atoms with E-state index in [0.29, 0.717) is 25.6 Å². The average Bonchev–Trinajstić information content (AvgIpc) is 2.92. The maximum atomic E-state index is 11.0. The molecule has 1 aromatic heterocycles. The van der Waals surface area contributed by atoms with Gasteiger partial charge >= 0.3 is 6.09 Å². The molecule has 0 spiro atoms. The monoisotopic (exact) mass is 304 g/mol. The number of hydrogen-bond acceptors (Lipinski definition) is 4. The Morgan fingerprint density at radius 2 is 2.18 bits per heavy atom. The van der Waals surface area contributed by atoms with Crippen molar-refractivity contribution in [3.8, 4) is 0 Å². The zero-order valence-electron chi connectivity index (χ0n) is 12.8. The standard InChI is InChI=1S/C16H20N2O4/c1-16(5-7-18(8-6-16)15(19)20)14-17-12-4-3-11(10-21-2)9-13(12)22-14/h3-4,9H,5-8,10H2,1-2H3,(H,19,20). The molecule has 1 amide bonds. The van der Waals surface area contributed by atoms with Crippen LogP contribution in [0.5, 0.6) is 0 Å². The quantitative estimate of drug-likeness (QED) is 0.943. The van der Waals surface area contributed by atoms with E-state index in [1.807, 2.05) is 18.2 Å². The molecule has 6 heteroatoms. The van der Waals surface area contributed by atoms with E-state index < -0.39 is 6.09 Å². The summed E-state index contributed by atoms with van der Waals surface area (Å²) in [5, 5.41) is 9.05. The summed E-state index contributed by atoms with van der Waals surface area (Å²) >= 11 is 0. The number of carbonyl (C=O) groups is 1. The van der Waals surface area contributed by atoms with E-state index in [1.165, 1.54) is 4.90 Å². The topological polar surface area (TPSA) is 75.8 Å². The summed E-state index contributed by atoms with van der Waals surface area (Å²) in [7, 11) is 1.66. The Bertz CT molecular complexity index is 687. The van der Waals surface area contributed by atoms with Crippen LogP contribution in [0.4, 0.5) is 4.79 Å². The Labute approximate surface area is 128 Å². The summed E-state index contributed by atoms with van der Waals surface area (Å²) in [5.41, 5.74) is 2.42. The fourth-order valence-corrected chi connectivity index (χ4v) is 2.89. The van der Waals surface area contributed by atoms with Crippen molar-refractivity contribution in [2.45, 2.75) is 31.8 Å². The van der Waals surface area contributed by atoms with E-state index in [2.05, 4.69) is 11.9 Å². The number of aromatic nitrogens is 1. The molecule has 0 saturated carbocycles. The van der Waals surface area contributed by atoms with Gasteiger partial charge in [0, 0.05) is 25.6 Å². The zero-order chi connectivity index (χ0) is 15.7. The fourth-order valence-electron chi connectivity index (χ4n) is 2.89. The first-order valence-electron chi connectivity index (χ1n) is 7.38. The number of rotatable bonds is 3. The molecule has 0 aliphatic carbocycles. The largest absolute Gasteiger partial charge is 0.465 e. The van der Waals surface area contributed by atoms with Crippen LogP contribution in [0.15, 0.2) is 22.6 Å². The summed E-state index contributed by atoms with van der Waals surface area (Å²) < 4.78 is 11.1. The number of likely N-dealkylation sites (tertiary alicyclic amines) is 1. The van der Waals surface area contributed by atoms with Gasteiger partial charge in [-0.3, -0.25) is 0 Å². The lowest BCUT2D eigenvalue weighted by Gasteiger charge is -2.35. The summed E-state index contributed by atoms with van der Waals surface area (Å²) in [6.45, 7) is 3.66. The average molecular weight is 304 g/mol. The normalized spacial score (nSPS) is 17.8. The molecule has 6 nitrogen and oxygen atoms in total. The minimum absolute atomic E-state index is 0.216. The molecule has 0 bridgehead atoms. The van der Waals surface area contributed by atoms with Gasteiger partial charge in [-0.15, -0.1) is 0 Å². The SMILES string of the molecule is COCc1ccc2nc(C3(C)CCN(C(=O)O)CC3)oc2c1. The third-order valence-electron chi connectivity index (χ3n) is 4.42. The van der Waals surface area contributed by atoms with Gasteiger partial charge in [-0.1, -0.05) is 13.0 Å². The van der Waals surface area contributed by atoms with Crippen LogP contribution in [0, 0.1) is 0 Å². The molecule has 0 unspecified atom stereocenters. The Balaban J connectivity index is 1.85. The van der Waals surface area contributed by atoms with Crippen molar-refractivity contribution < 1.29 is 19.1 Å². The van der Waals surface area contributed by atoms with Crippen molar-refractivity contribution in [1.82, 2.24) is 9.88 Å². The van der Waals surface area contributed by atoms with Crippen molar-refractivity contribution in [3.63, 3.8) is 0 Å². The summed E-state index contributed by atoms with van der Waals surface area (Å²) in [6, 6.07) is 5.87. The van der Waals surface area contributed by atoms with E-state index in [4.69, 9.17) is 14.3 Å². The number of piperidine rings is 1. The van der Waals surface area contributed by atoms with E-state index in [9.17, 15) is 4.79 Å². The van der Waals surface area contributed by atoms with Crippen LogP contribution >= 0.6 is 0 Å². The predicted molar refractivity (Wildman–Crippen MR) is 80.9 cm³/mol. The molecule has 22 heavy (non-hydrogen) atoms. The Morgan fingerprint density at radius 3 is 2.82 bits per heavy atom. The number of benzene rings is 1. The van der Waals surface area contributed by atoms with E-state index in [1.54, 1.807) is 7.11 Å². The molecule has 1 aliphatic heterocycles. The first-order valence-corrected chi connectivity index (χ1v) is 7.38. The highest BCUT2D eigenvalue weighted by Crippen LogP contribution is 2.36. The lowest BCUT2D eigenvalue weighted by Crippen LogP contribution is -2.43. The van der Waals surface area contributed by atoms with Crippen molar-refractivity contribution in [2.24, 2.45) is 0 Å². The molecule has 118 valence electrons. The smallest absolute Gasteiger partial charge is 0.407 e. The molecular formula is C16H20N2O4. The number of carboxylic acid groups (broad SMARTS) is 1. The molecule has 1 aromatic carbocycles. The maximum Gasteiger partial charge on any atom is 0.407 e. The molecule has 1 aliphatic rings. The fraction of sp³-hybridized carbons (Fsp3) is 0.500. The van der Waals surface area contributed by atoms with E-state index >= 15 is 0 Å². The van der Waals surface area contributed by atoms with Gasteiger partial charge in [0.25, 0.3) is 0 Å². The molecule has 3 rings (SSSR count). The molecule has 2 heterocycles. The third-order valence-corrected chi connectivity index (χ3v) is 4.42. The highest BCUT2D eigenvalue weighted by Gasteiger charge is 2.37. The van der Waals surface area contributed by atoms with E-state index in [0.717, 1.165) is 29.5 Å². The summed E-state index contributed by atoms with van der Waals surface area (Å²) in [4.78, 5) is 17.1. The lowest BCUT2D eigenvalue weighted by molar-refractivity contribution is 0.113. The molecule has 1 fully saturated rings. The second kappa shape index (κ2) is 5.61. The second-order valence-corrected chi connectivity index (χ2v) is 6.08. The van der Waals surface area contributed by atoms with Crippen molar-refractivity contribution in [1.29, 1.82) is 0 Å². The Hall–Kier alpha value is -2.08. The van der Waals surface area contributed by atoms with Gasteiger partial charge in [-0.25, -0.2) is 9.78 Å². The minimum Gasteiger partial charge on any atom is -0.465 e. The zero-order valence-corrected chi connectivity index (χ0v) is 12.8. The van der Waals surface area contributed by atoms with Gasteiger partial charge in [0.15, 0.2) is 5.58 Å². The molecule has 2 aromatic rings. The number of nitrogens with zero attached hydrogens (tertiary/aromatic N) is 2. The number of fused-ring (bicyclic) bond motifs is 1. The number of methoxy groups -OCH3 is 1. The van der Waals surface area contributed by atoms with Crippen LogP contribution in [0.2, 0.25) is 0 Å². The van der Waals surface area contributed by atoms with E-state index in [-0.39, 0.29) is 5.41 Å². The van der Waals surface area contributed by atoms with Crippen LogP contribution in [0.3, 0.4) is 0 Å². The molecule has 0 atom stereocenters. The van der Waals surface area contributed by atoms with Gasteiger partial charge in [0.1, 0.15) is 5.52 Å². The van der Waals surface area contributed by atoms with Gasteiger partial charge in [0.2, 0.25) is 5.89 Å². The number of oxazole rings is 1. The van der Waals surface area contributed by atoms with Gasteiger partial charge in [-0.2, -0.15) is 0 Å². The van der Waals surface area contributed by atoms with Crippen LogP contribution in [0.1, 0.15) is 31.2 Å². The summed E-state index contributed by atoms with van der Waals surface area (Å²) in [6.07, 6.45) is 0.581. The third kappa shape index (κ3) is 2.66. The van der Waals surface area contributed by atoms with Crippen LogP contribution in [-0.4, -0.2) is 41.3 Å². The molecule has 0 radical (unpaired) electrons. The van der Waals surface area contributed by atoms with Crippen molar-refractivity contribution >= 4 is 17.2 Å². The minimum atomic E-state index is -0.858. The van der Waals surface area contributed by atoms with Crippen LogP contribution in [0.25, 0.3) is 11.1 Å².